The van der Waals surface area contributed by atoms with Crippen molar-refractivity contribution in [3.05, 3.63) is 22.3 Å². The molecule has 0 saturated carbocycles. The Labute approximate surface area is 126 Å². The van der Waals surface area contributed by atoms with Gasteiger partial charge in [-0.1, -0.05) is 6.92 Å². The lowest BCUT2D eigenvalue weighted by Crippen LogP contribution is -2.47. The molecule has 1 aromatic heterocycles. The number of likely N-dealkylation sites (N-methyl/N-ethyl adjacent to an activating group) is 1. The number of aromatic nitrogens is 1. The molecule has 1 aromatic rings. The second-order valence-electron chi connectivity index (χ2n) is 4.68. The Hall–Kier alpha value is -1.18. The number of hydrogen-bond donors (Lipinski definition) is 2. The summed E-state index contributed by atoms with van der Waals surface area (Å²) < 4.78 is 6.36. The van der Waals surface area contributed by atoms with Crippen molar-refractivity contribution < 1.29 is 9.53 Å². The van der Waals surface area contributed by atoms with Crippen LogP contribution >= 0.6 is 15.9 Å². The first kappa shape index (κ1) is 15.2. The standard InChI is InChI=1S/C13H19BrN4O2/c1-2-18-3-4-20-10(8-18)7-17-13(19)11-5-9(14)6-16-12(11)15/h5-6,10H,2-4,7-8H2,1H3,(H2,15,16)(H,17,19). The van der Waals surface area contributed by atoms with E-state index < -0.39 is 0 Å². The largest absolute Gasteiger partial charge is 0.383 e. The van der Waals surface area contributed by atoms with Crippen molar-refractivity contribution in [1.29, 1.82) is 0 Å². The third-order valence-corrected chi connectivity index (χ3v) is 3.72. The van der Waals surface area contributed by atoms with Gasteiger partial charge in [0.2, 0.25) is 0 Å². The highest BCUT2D eigenvalue weighted by molar-refractivity contribution is 9.10. The van der Waals surface area contributed by atoms with Crippen LogP contribution in [0.1, 0.15) is 17.3 Å². The van der Waals surface area contributed by atoms with Gasteiger partial charge in [0, 0.05) is 30.3 Å². The maximum absolute atomic E-state index is 12.1. The molecule has 1 fully saturated rings. The van der Waals surface area contributed by atoms with E-state index in [1.165, 1.54) is 0 Å². The van der Waals surface area contributed by atoms with Gasteiger partial charge in [0.15, 0.2) is 0 Å². The van der Waals surface area contributed by atoms with E-state index in [1.807, 2.05) is 0 Å². The van der Waals surface area contributed by atoms with Crippen LogP contribution in [0.25, 0.3) is 0 Å². The Balaban J connectivity index is 1.90. The van der Waals surface area contributed by atoms with Gasteiger partial charge >= 0.3 is 0 Å². The number of amides is 1. The second-order valence-corrected chi connectivity index (χ2v) is 5.60. The summed E-state index contributed by atoms with van der Waals surface area (Å²) in [7, 11) is 0. The van der Waals surface area contributed by atoms with Crippen LogP contribution in [0, 0.1) is 0 Å². The number of nitrogens with zero attached hydrogens (tertiary/aromatic N) is 2. The molecule has 0 radical (unpaired) electrons. The predicted molar refractivity (Wildman–Crippen MR) is 80.5 cm³/mol. The smallest absolute Gasteiger partial charge is 0.255 e. The van der Waals surface area contributed by atoms with Crippen LogP contribution in [0.5, 0.6) is 0 Å². The molecular weight excluding hydrogens is 324 g/mol. The number of morpholine rings is 1. The average Bonchev–Trinajstić information content (AvgIpc) is 2.47. The molecule has 1 aliphatic rings. The maximum Gasteiger partial charge on any atom is 0.255 e. The monoisotopic (exact) mass is 342 g/mol. The molecule has 1 saturated heterocycles. The first-order valence-corrected chi connectivity index (χ1v) is 7.42. The van der Waals surface area contributed by atoms with Crippen LogP contribution in [0.2, 0.25) is 0 Å². The minimum absolute atomic E-state index is 0.0222. The number of nitrogen functional groups attached to an aromatic ring is 1. The molecule has 0 aliphatic carbocycles. The molecule has 3 N–H and O–H groups in total. The van der Waals surface area contributed by atoms with E-state index in [-0.39, 0.29) is 17.8 Å². The van der Waals surface area contributed by atoms with Gasteiger partial charge in [-0.15, -0.1) is 0 Å². The summed E-state index contributed by atoms with van der Waals surface area (Å²) in [5.74, 6) is -0.000954. The van der Waals surface area contributed by atoms with Crippen LogP contribution < -0.4 is 11.1 Å². The molecule has 0 aromatic carbocycles. The van der Waals surface area contributed by atoms with Crippen LogP contribution in [-0.4, -0.2) is 54.7 Å². The molecule has 1 atom stereocenters. The molecular formula is C13H19BrN4O2. The summed E-state index contributed by atoms with van der Waals surface area (Å²) in [5, 5.41) is 2.85. The first-order chi connectivity index (χ1) is 9.60. The van der Waals surface area contributed by atoms with Gasteiger partial charge in [0.25, 0.3) is 5.91 Å². The first-order valence-electron chi connectivity index (χ1n) is 6.63. The van der Waals surface area contributed by atoms with E-state index >= 15 is 0 Å². The van der Waals surface area contributed by atoms with Gasteiger partial charge in [-0.25, -0.2) is 4.98 Å². The Kier molecular flexibility index (Phi) is 5.33. The van der Waals surface area contributed by atoms with Gasteiger partial charge in [-0.2, -0.15) is 0 Å². The zero-order valence-corrected chi connectivity index (χ0v) is 13.0. The number of rotatable bonds is 4. The second kappa shape index (κ2) is 7.01. The van der Waals surface area contributed by atoms with E-state index in [0.29, 0.717) is 18.7 Å². The van der Waals surface area contributed by atoms with Crippen LogP contribution in [0.3, 0.4) is 0 Å². The lowest BCUT2D eigenvalue weighted by Gasteiger charge is -2.32. The third kappa shape index (κ3) is 3.91. The van der Waals surface area contributed by atoms with Gasteiger partial charge in [0.1, 0.15) is 5.82 Å². The normalized spacial score (nSPS) is 19.8. The lowest BCUT2D eigenvalue weighted by molar-refractivity contribution is -0.0246. The van der Waals surface area contributed by atoms with E-state index in [2.05, 4.69) is 38.1 Å². The van der Waals surface area contributed by atoms with Gasteiger partial charge < -0.3 is 15.8 Å². The predicted octanol–water partition coefficient (Wildman–Crippen LogP) is 0.877. The van der Waals surface area contributed by atoms with Crippen molar-refractivity contribution in [2.24, 2.45) is 0 Å². The quantitative estimate of drug-likeness (QED) is 0.848. The van der Waals surface area contributed by atoms with Gasteiger partial charge in [0.05, 0.1) is 18.3 Å². The molecule has 1 amide bonds. The van der Waals surface area contributed by atoms with E-state index in [9.17, 15) is 4.79 Å². The summed E-state index contributed by atoms with van der Waals surface area (Å²) in [5.41, 5.74) is 6.09. The van der Waals surface area contributed by atoms with Crippen molar-refractivity contribution >= 4 is 27.7 Å². The minimum Gasteiger partial charge on any atom is -0.383 e. The molecule has 20 heavy (non-hydrogen) atoms. The average molecular weight is 343 g/mol. The van der Waals surface area contributed by atoms with Crippen molar-refractivity contribution in [2.45, 2.75) is 13.0 Å². The number of anilines is 1. The molecule has 7 heteroatoms. The van der Waals surface area contributed by atoms with Crippen molar-refractivity contribution in [3.63, 3.8) is 0 Å². The molecule has 2 rings (SSSR count). The zero-order valence-electron chi connectivity index (χ0n) is 11.4. The SMILES string of the molecule is CCN1CCOC(CNC(=O)c2cc(Br)cnc2N)C1. The maximum atomic E-state index is 12.1. The molecule has 1 unspecified atom stereocenters. The summed E-state index contributed by atoms with van der Waals surface area (Å²) >= 11 is 3.28. The number of hydrogen-bond acceptors (Lipinski definition) is 5. The number of nitrogens with two attached hydrogens (primary N) is 1. The number of nitrogens with one attached hydrogen (secondary N) is 1. The Morgan fingerprint density at radius 1 is 1.70 bits per heavy atom. The van der Waals surface area contributed by atoms with Crippen molar-refractivity contribution in [1.82, 2.24) is 15.2 Å². The molecule has 2 heterocycles. The fraction of sp³-hybridized carbons (Fsp3) is 0.538. The topological polar surface area (TPSA) is 80.5 Å². The summed E-state index contributed by atoms with van der Waals surface area (Å²) in [6.45, 7) is 6.08. The number of pyridine rings is 1. The molecule has 1 aliphatic heterocycles. The summed E-state index contributed by atoms with van der Waals surface area (Å²) in [4.78, 5) is 18.3. The highest BCUT2D eigenvalue weighted by atomic mass is 79.9. The Bertz CT molecular complexity index is 483. The van der Waals surface area contributed by atoms with Gasteiger partial charge in [-0.05, 0) is 28.5 Å². The summed E-state index contributed by atoms with van der Waals surface area (Å²) in [6.07, 6.45) is 1.59. The molecule has 0 bridgehead atoms. The zero-order chi connectivity index (χ0) is 14.5. The number of carbonyl (C=O) groups is 1. The Morgan fingerprint density at radius 2 is 2.50 bits per heavy atom. The highest BCUT2D eigenvalue weighted by Crippen LogP contribution is 2.15. The molecule has 6 nitrogen and oxygen atoms in total. The molecule has 110 valence electrons. The lowest BCUT2D eigenvalue weighted by atomic mass is 10.2. The van der Waals surface area contributed by atoms with E-state index in [0.717, 1.165) is 24.1 Å². The minimum atomic E-state index is -0.228. The van der Waals surface area contributed by atoms with Crippen molar-refractivity contribution in [2.75, 3.05) is 38.5 Å². The fourth-order valence-electron chi connectivity index (χ4n) is 2.12. The molecule has 0 spiro atoms. The Morgan fingerprint density at radius 3 is 3.25 bits per heavy atom. The third-order valence-electron chi connectivity index (χ3n) is 3.29. The summed E-state index contributed by atoms with van der Waals surface area (Å²) in [6, 6.07) is 1.66. The van der Waals surface area contributed by atoms with Crippen LogP contribution in [-0.2, 0) is 4.74 Å². The van der Waals surface area contributed by atoms with E-state index in [4.69, 9.17) is 10.5 Å². The fourth-order valence-corrected chi connectivity index (χ4v) is 2.46. The van der Waals surface area contributed by atoms with Gasteiger partial charge in [-0.3, -0.25) is 9.69 Å². The number of halogens is 1. The van der Waals surface area contributed by atoms with Crippen molar-refractivity contribution in [3.8, 4) is 0 Å². The highest BCUT2D eigenvalue weighted by Gasteiger charge is 2.20. The van der Waals surface area contributed by atoms with Crippen LogP contribution in [0.4, 0.5) is 5.82 Å². The van der Waals surface area contributed by atoms with Crippen LogP contribution in [0.15, 0.2) is 16.7 Å². The van der Waals surface area contributed by atoms with E-state index in [1.54, 1.807) is 12.3 Å². The number of carbonyl (C=O) groups excluding carboxylic acids is 1. The number of ether oxygens (including phenoxy) is 1.